The lowest BCUT2D eigenvalue weighted by molar-refractivity contribution is -0.384. The molecule has 0 bridgehead atoms. The van der Waals surface area contributed by atoms with Gasteiger partial charge in [-0.1, -0.05) is 12.1 Å². The summed E-state index contributed by atoms with van der Waals surface area (Å²) in [4.78, 5) is 74.0. The zero-order valence-electron chi connectivity index (χ0n) is 37.8. The quantitative estimate of drug-likeness (QED) is 0.0375. The number of non-ortho nitro benzene ring substituents is 1. The molecular formula is C44H55ClN4O19. The number of aromatic hydroxyl groups is 2. The number of likely N-dealkylation sites (N-methyl/N-ethyl adjacent to an activating group) is 3. The van der Waals surface area contributed by atoms with E-state index in [0.717, 1.165) is 4.90 Å². The van der Waals surface area contributed by atoms with Crippen LogP contribution in [0, 0.1) is 10.1 Å². The highest BCUT2D eigenvalue weighted by molar-refractivity contribution is 6.61. The van der Waals surface area contributed by atoms with E-state index in [2.05, 4.69) is 15.4 Å². The zero-order chi connectivity index (χ0) is 50.8. The van der Waals surface area contributed by atoms with Gasteiger partial charge in [0.1, 0.15) is 34.7 Å². The number of rotatable bonds is 14. The zero-order valence-corrected chi connectivity index (χ0v) is 38.6. The van der Waals surface area contributed by atoms with Gasteiger partial charge < -0.3 is 75.0 Å². The van der Waals surface area contributed by atoms with Gasteiger partial charge in [0, 0.05) is 73.3 Å². The Morgan fingerprint density at radius 3 is 2.16 bits per heavy atom. The second-order valence-corrected chi connectivity index (χ2v) is 16.2. The molecule has 2 aliphatic carbocycles. The van der Waals surface area contributed by atoms with Crippen molar-refractivity contribution in [2.75, 3.05) is 54.6 Å². The summed E-state index contributed by atoms with van der Waals surface area (Å²) in [6.07, 6.45) is -7.26. The Kier molecular flexibility index (Phi) is 19.3. The highest BCUT2D eigenvalue weighted by Crippen LogP contribution is 2.52. The van der Waals surface area contributed by atoms with Gasteiger partial charge in [-0.15, -0.1) is 0 Å². The standard InChI is InChI=1S/C33H40N2O13.C7H4ClNO4.C4H11NO2/c1-14-31(48-32(43)35(4)12-16(38)13-36)19(34-3)9-22(46-14)47-21-11-33(44,15(2)37)10-18-24(21)30(42)26-25(28(18)40)27(39)17-7-6-8-20(45-5)23(17)29(26)41;8-7(10)13-6-3-1-5(2-4-6)9(11)12;1-5-2-4(7)3-6/h6-8,14,16,19,21-22,31,34,36,38,40,42,44H,9-13H2,1-5H3;1-4H;4-7H,2-3H2,1H3/t14-,16?,19-,21-,22-,31+,33-;;/m0../s1. The van der Waals surface area contributed by atoms with E-state index in [1.54, 1.807) is 21.0 Å². The predicted octanol–water partition coefficient (Wildman–Crippen LogP) is 1.61. The second kappa shape index (κ2) is 23.9. The molecule has 372 valence electrons. The number of nitro benzene ring substituents is 1. The highest BCUT2D eigenvalue weighted by atomic mass is 35.5. The number of amides is 1. The number of phenols is 2. The van der Waals surface area contributed by atoms with E-state index in [0.29, 0.717) is 6.54 Å². The molecular weight excluding hydrogens is 924 g/mol. The molecule has 24 heteroatoms. The molecule has 3 aliphatic rings. The van der Waals surface area contributed by atoms with Crippen molar-refractivity contribution in [1.29, 1.82) is 0 Å². The lowest BCUT2D eigenvalue weighted by Crippen LogP contribution is -2.56. The van der Waals surface area contributed by atoms with E-state index in [-0.39, 0.29) is 65.4 Å². The van der Waals surface area contributed by atoms with Crippen LogP contribution in [0.2, 0.25) is 0 Å². The number of benzene rings is 3. The number of methoxy groups -OCH3 is 1. The summed E-state index contributed by atoms with van der Waals surface area (Å²) in [6.45, 7) is 2.39. The van der Waals surface area contributed by atoms with Crippen LogP contribution in [0.1, 0.15) is 75.8 Å². The average Bonchev–Trinajstić information content (AvgIpc) is 3.29. The van der Waals surface area contributed by atoms with E-state index in [1.165, 1.54) is 63.5 Å². The van der Waals surface area contributed by atoms with Crippen LogP contribution in [0.5, 0.6) is 23.0 Å². The summed E-state index contributed by atoms with van der Waals surface area (Å²) in [5.74, 6) is -3.20. The highest BCUT2D eigenvalue weighted by Gasteiger charge is 2.50. The Balaban J connectivity index is 0.000000417. The van der Waals surface area contributed by atoms with Crippen molar-refractivity contribution in [1.82, 2.24) is 15.5 Å². The van der Waals surface area contributed by atoms with Crippen LogP contribution in [-0.4, -0.2) is 171 Å². The van der Waals surface area contributed by atoms with Gasteiger partial charge in [-0.25, -0.2) is 9.59 Å². The molecule has 0 saturated carbocycles. The normalized spacial score (nSPS) is 22.3. The van der Waals surface area contributed by atoms with E-state index < -0.39 is 118 Å². The molecule has 2 unspecified atom stereocenters. The fraction of sp³-hybridized carbons (Fsp3) is 0.477. The van der Waals surface area contributed by atoms with Crippen LogP contribution in [0.3, 0.4) is 0 Å². The minimum atomic E-state index is -2.07. The number of fused-ring (bicyclic) bond motifs is 3. The number of halogens is 1. The molecule has 68 heavy (non-hydrogen) atoms. The molecule has 1 saturated heterocycles. The maximum absolute atomic E-state index is 13.8. The van der Waals surface area contributed by atoms with Crippen LogP contribution in [0.15, 0.2) is 42.5 Å². The van der Waals surface area contributed by atoms with Crippen LogP contribution in [0.25, 0.3) is 0 Å². The fourth-order valence-corrected chi connectivity index (χ4v) is 7.85. The minimum absolute atomic E-state index is 0.0411. The number of carbonyl (C=O) groups excluding carboxylic acids is 5. The number of carbonyl (C=O) groups is 5. The third-order valence-corrected chi connectivity index (χ3v) is 11.3. The summed E-state index contributed by atoms with van der Waals surface area (Å²) in [6, 6.07) is 8.87. The molecule has 3 aromatic carbocycles. The number of ketones is 3. The number of nitrogens with one attached hydrogen (secondary N) is 2. The molecule has 0 aromatic heterocycles. The summed E-state index contributed by atoms with van der Waals surface area (Å²) in [5, 5.41) is 86.2. The monoisotopic (exact) mass is 978 g/mol. The van der Waals surface area contributed by atoms with Gasteiger partial charge in [0.05, 0.1) is 78.9 Å². The first-order chi connectivity index (χ1) is 32.1. The Morgan fingerprint density at radius 2 is 1.63 bits per heavy atom. The number of nitrogens with zero attached hydrogens (tertiary/aromatic N) is 2. The minimum Gasteiger partial charge on any atom is -0.507 e. The third-order valence-electron chi connectivity index (χ3n) is 11.2. The van der Waals surface area contributed by atoms with Gasteiger partial charge >= 0.3 is 11.5 Å². The summed E-state index contributed by atoms with van der Waals surface area (Å²) >= 11 is 4.92. The molecule has 0 radical (unpaired) electrons. The van der Waals surface area contributed by atoms with Crippen molar-refractivity contribution < 1.29 is 88.3 Å². The molecule has 1 fully saturated rings. The fourth-order valence-electron chi connectivity index (χ4n) is 7.76. The first kappa shape index (κ1) is 54.7. The molecule has 3 aromatic rings. The average molecular weight is 979 g/mol. The smallest absolute Gasteiger partial charge is 0.410 e. The van der Waals surface area contributed by atoms with Crippen molar-refractivity contribution in [3.63, 3.8) is 0 Å². The maximum atomic E-state index is 13.8. The molecule has 23 nitrogen and oxygen atoms in total. The molecule has 0 spiro atoms. The Hall–Kier alpha value is -5.86. The van der Waals surface area contributed by atoms with Crippen LogP contribution >= 0.6 is 11.6 Å². The summed E-state index contributed by atoms with van der Waals surface area (Å²) in [5.41, 5.74) is -4.36. The summed E-state index contributed by atoms with van der Waals surface area (Å²) < 4.78 is 27.8. The van der Waals surface area contributed by atoms with Gasteiger partial charge in [-0.2, -0.15) is 0 Å². The lowest BCUT2D eigenvalue weighted by Gasteiger charge is -2.43. The third kappa shape index (κ3) is 12.6. The summed E-state index contributed by atoms with van der Waals surface area (Å²) in [7, 11) is 6.09. The number of aliphatic hydroxyl groups is 5. The molecule has 8 atom stereocenters. The van der Waals surface area contributed by atoms with Gasteiger partial charge in [0.15, 0.2) is 17.9 Å². The molecule has 1 heterocycles. The SMILES string of the molecule is CNCC(O)CO.CN[C@H]1C[C@H](O[C@H]2C[C@](O)(C(C)=O)Cc3c(O)c4c(c(O)c32)C(=O)c2c(OC)cccc2C4=O)O[C@@H](C)[C@H]1OC(=O)N(C)CC(O)CO.O=C(Cl)Oc1ccc([N+](=O)[O-])cc1. The number of Topliss-reactive ketones (excluding diaryl/α,β-unsaturated/α-hetero) is 1. The molecule has 6 rings (SSSR count). The van der Waals surface area contributed by atoms with Crippen molar-refractivity contribution >= 4 is 46.2 Å². The van der Waals surface area contributed by atoms with E-state index in [9.17, 15) is 54.5 Å². The van der Waals surface area contributed by atoms with Gasteiger partial charge in [-0.3, -0.25) is 24.5 Å². The number of hydrogen-bond acceptors (Lipinski definition) is 21. The van der Waals surface area contributed by atoms with Gasteiger partial charge in [0.2, 0.25) is 5.78 Å². The van der Waals surface area contributed by atoms with E-state index >= 15 is 0 Å². The Bertz CT molecular complexity index is 2330. The molecule has 1 amide bonds. The van der Waals surface area contributed by atoms with Crippen molar-refractivity contribution in [2.45, 2.75) is 81.6 Å². The Labute approximate surface area is 394 Å². The molecule has 1 aliphatic heterocycles. The topological polar surface area (TPSA) is 344 Å². The Morgan fingerprint density at radius 1 is 1.00 bits per heavy atom. The first-order valence-corrected chi connectivity index (χ1v) is 21.3. The van der Waals surface area contributed by atoms with Crippen LogP contribution < -0.4 is 20.1 Å². The number of phenolic OH excluding ortho intramolecular Hbond substituents is 2. The number of hydrogen-bond donors (Lipinski definition) is 9. The van der Waals surface area contributed by atoms with Crippen molar-refractivity contribution in [2.24, 2.45) is 0 Å². The largest absolute Gasteiger partial charge is 0.507 e. The predicted molar refractivity (Wildman–Crippen MR) is 237 cm³/mol. The van der Waals surface area contributed by atoms with Crippen LogP contribution in [-0.2, 0) is 25.4 Å². The number of nitro groups is 1. The first-order valence-electron chi connectivity index (χ1n) is 20.9. The molecule has 9 N–H and O–H groups in total. The number of ether oxygens (including phenoxy) is 5. The maximum Gasteiger partial charge on any atom is 0.410 e. The second-order valence-electron chi connectivity index (χ2n) is 15.9. The van der Waals surface area contributed by atoms with Gasteiger partial charge in [0.25, 0.3) is 5.69 Å². The van der Waals surface area contributed by atoms with Gasteiger partial charge in [-0.05, 0) is 46.1 Å². The van der Waals surface area contributed by atoms with Crippen molar-refractivity contribution in [3.8, 4) is 23.0 Å². The van der Waals surface area contributed by atoms with Crippen LogP contribution in [0.4, 0.5) is 15.3 Å². The number of aliphatic hydroxyl groups excluding tert-OH is 4. The lowest BCUT2D eigenvalue weighted by atomic mass is 9.72. The van der Waals surface area contributed by atoms with Crippen molar-refractivity contribution in [3.05, 3.63) is 86.0 Å². The van der Waals surface area contributed by atoms with E-state index in [4.69, 9.17) is 45.9 Å². The van der Waals surface area contributed by atoms with E-state index in [1.807, 2.05) is 0 Å².